The Balaban J connectivity index is 2.42. The maximum atomic E-state index is 14.1. The van der Waals surface area contributed by atoms with Crippen LogP contribution in [-0.2, 0) is 60.9 Å². The number of carbonyl (C=O) groups excluding carboxylic acids is 1. The van der Waals surface area contributed by atoms with Crippen LogP contribution in [0, 0.1) is 0 Å². The van der Waals surface area contributed by atoms with Crippen molar-refractivity contribution in [3.8, 4) is 0 Å². The van der Waals surface area contributed by atoms with Crippen molar-refractivity contribution < 1.29 is 90.7 Å². The summed E-state index contributed by atoms with van der Waals surface area (Å²) in [7, 11) is -8.48. The van der Waals surface area contributed by atoms with Crippen LogP contribution >= 0.6 is 15.6 Å². The van der Waals surface area contributed by atoms with Crippen molar-refractivity contribution in [2.45, 2.75) is 358 Å². The molecule has 1 amide bonds. The number of phosphoric ester groups is 2. The summed E-state index contributed by atoms with van der Waals surface area (Å²) in [5.74, 6) is -0.388. The molecule has 2 aliphatic heterocycles. The lowest BCUT2D eigenvalue weighted by molar-refractivity contribution is -0.331. The second kappa shape index (κ2) is 55.2. The summed E-state index contributed by atoms with van der Waals surface area (Å²) in [4.78, 5) is 53.6. The van der Waals surface area contributed by atoms with Crippen LogP contribution in [0.1, 0.15) is 291 Å². The van der Waals surface area contributed by atoms with E-state index >= 15 is 0 Å². The van der Waals surface area contributed by atoms with Crippen molar-refractivity contribution in [2.24, 2.45) is 0 Å². The first-order chi connectivity index (χ1) is 43.1. The number of hydrogen-bond acceptors (Lipinski definition) is 15. The van der Waals surface area contributed by atoms with Gasteiger partial charge in [-0.05, 0) is 57.8 Å². The van der Waals surface area contributed by atoms with E-state index in [0.717, 1.165) is 122 Å². The minimum atomic E-state index is -5.26. The van der Waals surface area contributed by atoms with Crippen molar-refractivity contribution in [1.29, 1.82) is 0 Å². The number of ether oxygens (including phenoxy) is 8. The number of allylic oxidation sites excluding steroid dienone is 2. The van der Waals surface area contributed by atoms with E-state index in [4.69, 9.17) is 46.9 Å². The molecule has 22 heteroatoms. The Hall–Kier alpha value is -0.970. The first-order valence-corrected chi connectivity index (χ1v) is 38.8. The lowest BCUT2D eigenvalue weighted by Crippen LogP contribution is -2.67. The maximum Gasteiger partial charge on any atom is 0.470 e. The molecule has 2 fully saturated rings. The molecular formula is C67H131NO19P2. The summed E-state index contributed by atoms with van der Waals surface area (Å²) < 4.78 is 85.3. The van der Waals surface area contributed by atoms with Crippen molar-refractivity contribution in [3.05, 3.63) is 12.2 Å². The topological polar surface area (TPSA) is 277 Å². The third-order valence-electron chi connectivity index (χ3n) is 17.1. The summed E-state index contributed by atoms with van der Waals surface area (Å²) in [6, 6.07) is -1.27. The highest BCUT2D eigenvalue weighted by Gasteiger charge is 2.52. The summed E-state index contributed by atoms with van der Waals surface area (Å²) in [5.41, 5.74) is 0. The number of nitrogens with one attached hydrogen (secondary N) is 1. The molecule has 0 unspecified atom stereocenters. The van der Waals surface area contributed by atoms with Crippen LogP contribution < -0.4 is 5.32 Å². The van der Waals surface area contributed by atoms with Gasteiger partial charge < -0.3 is 73.0 Å². The fourth-order valence-electron chi connectivity index (χ4n) is 11.8. The van der Waals surface area contributed by atoms with Crippen LogP contribution in [0.2, 0.25) is 0 Å². The predicted octanol–water partition coefficient (Wildman–Crippen LogP) is 14.7. The minimum Gasteiger partial charge on any atom is -0.394 e. The fourth-order valence-corrected chi connectivity index (χ4v) is 12.7. The molecular weight excluding hydrogens is 1180 g/mol. The van der Waals surface area contributed by atoms with E-state index in [1.165, 1.54) is 116 Å². The lowest BCUT2D eigenvalue weighted by atomic mass is 9.95. The maximum absolute atomic E-state index is 14.1. The summed E-state index contributed by atoms with van der Waals surface area (Å²) >= 11 is 0. The molecule has 0 aromatic carbocycles. The van der Waals surface area contributed by atoms with Gasteiger partial charge in [0.1, 0.15) is 48.8 Å². The molecule has 2 aliphatic rings. The Labute approximate surface area is 539 Å². The normalized spacial score (nSPS) is 23.0. The molecule has 2 rings (SSSR count). The quantitative estimate of drug-likeness (QED) is 0.0169. The Morgan fingerprint density at radius 1 is 0.472 bits per heavy atom. The lowest BCUT2D eigenvalue weighted by Gasteiger charge is -2.47. The first-order valence-electron chi connectivity index (χ1n) is 35.7. The highest BCUT2D eigenvalue weighted by atomic mass is 31.2. The number of rotatable bonds is 62. The molecule has 0 saturated carbocycles. The fraction of sp³-hybridized carbons (Fsp3) is 0.955. The molecule has 2 saturated heterocycles. The Kier molecular flexibility index (Phi) is 52.2. The van der Waals surface area contributed by atoms with E-state index in [2.05, 4.69) is 45.2 Å². The van der Waals surface area contributed by atoms with Crippen molar-refractivity contribution in [3.63, 3.8) is 0 Å². The van der Waals surface area contributed by atoms with E-state index in [9.17, 15) is 43.7 Å². The Bertz CT molecular complexity index is 1760. The standard InChI is InChI=1S/C67H131NO19P2/c1-6-10-14-18-21-24-27-28-29-30-31-32-35-39-43-47-59(70)68-60-63(81-51-48-56(78-5)46-42-38-17-13-9-4)62(87-89(75,76)77)57(54-69)85-66(60)83-55-58-61(71)64(79-49-44-40-36-33-25-22-19-15-11-7-2)65(67(86-58)82-52-53-84-88(72,73)74)80-50-45-41-37-34-26-23-20-16-12-8-3/h28-29,56-58,60-67,69,71H,6-27,30-55H2,1-5H3,(H,68,70)(H2,72,73,74)(H2,75,76,77)/b29-28+/t56-,57-,58-,60-,61-,62-,63-,64+,65-,66-,67+/m1/s1. The smallest absolute Gasteiger partial charge is 0.394 e. The van der Waals surface area contributed by atoms with Crippen LogP contribution in [-0.4, -0.2) is 157 Å². The van der Waals surface area contributed by atoms with E-state index in [1.807, 2.05) is 0 Å². The van der Waals surface area contributed by atoms with Gasteiger partial charge in [-0.2, -0.15) is 0 Å². The predicted molar refractivity (Wildman–Crippen MR) is 350 cm³/mol. The highest BCUT2D eigenvalue weighted by Crippen LogP contribution is 2.43. The van der Waals surface area contributed by atoms with E-state index in [0.29, 0.717) is 25.9 Å². The van der Waals surface area contributed by atoms with Gasteiger partial charge in [0, 0.05) is 33.4 Å². The van der Waals surface area contributed by atoms with Crippen LogP contribution in [0.25, 0.3) is 0 Å². The average Bonchev–Trinajstić information content (AvgIpc) is 1.03. The van der Waals surface area contributed by atoms with Gasteiger partial charge in [0.15, 0.2) is 12.6 Å². The van der Waals surface area contributed by atoms with Gasteiger partial charge in [-0.25, -0.2) is 9.13 Å². The first kappa shape index (κ1) is 84.1. The minimum absolute atomic E-state index is 0.0262. The highest BCUT2D eigenvalue weighted by molar-refractivity contribution is 7.46. The van der Waals surface area contributed by atoms with Gasteiger partial charge >= 0.3 is 15.6 Å². The van der Waals surface area contributed by atoms with Crippen molar-refractivity contribution >= 4 is 21.6 Å². The SMILES string of the molecule is CCCCCCCC/C=C/CCCCCCCC(=O)N[C@H]1[C@H](OC[C@H]2O[C@H](OCCOP(=O)(O)O)[C@H](OCCCCCCCCCCCC)[C@@H](OCCCCCCCCCCCC)[C@@H]2O)O[C@H](CO)[C@@H](OP(=O)(O)O)[C@@H]1OCC[C@@H](CCCCCCC)OC. The van der Waals surface area contributed by atoms with Gasteiger partial charge in [-0.15, -0.1) is 0 Å². The van der Waals surface area contributed by atoms with Gasteiger partial charge in [-0.3, -0.25) is 13.8 Å². The zero-order valence-electron chi connectivity index (χ0n) is 56.3. The van der Waals surface area contributed by atoms with Crippen LogP contribution in [0.3, 0.4) is 0 Å². The molecule has 0 spiro atoms. The number of phosphoric acid groups is 2. The molecule has 0 bridgehead atoms. The zero-order chi connectivity index (χ0) is 65.1. The van der Waals surface area contributed by atoms with E-state index in [1.54, 1.807) is 7.11 Å². The van der Waals surface area contributed by atoms with Crippen LogP contribution in [0.5, 0.6) is 0 Å². The third kappa shape index (κ3) is 43.0. The van der Waals surface area contributed by atoms with Gasteiger partial charge in [-0.1, -0.05) is 239 Å². The molecule has 11 atom stereocenters. The number of methoxy groups -OCH3 is 1. The number of hydrogen-bond donors (Lipinski definition) is 7. The van der Waals surface area contributed by atoms with Crippen LogP contribution in [0.4, 0.5) is 0 Å². The monoisotopic (exact) mass is 1320 g/mol. The molecule has 20 nitrogen and oxygen atoms in total. The summed E-state index contributed by atoms with van der Waals surface area (Å²) in [5, 5.41) is 26.2. The number of unbranched alkanes of at least 4 members (excludes halogenated alkanes) is 33. The molecule has 0 radical (unpaired) electrons. The zero-order valence-corrected chi connectivity index (χ0v) is 58.1. The van der Waals surface area contributed by atoms with Gasteiger partial charge in [0.25, 0.3) is 0 Å². The summed E-state index contributed by atoms with van der Waals surface area (Å²) in [6.07, 6.45) is 36.0. The second-order valence-corrected chi connectivity index (χ2v) is 27.4. The molecule has 0 aliphatic carbocycles. The molecule has 0 aromatic rings. The Morgan fingerprint density at radius 3 is 1.40 bits per heavy atom. The van der Waals surface area contributed by atoms with E-state index in [-0.39, 0.29) is 38.3 Å². The number of aliphatic hydroxyl groups excluding tert-OH is 2. The molecule has 0 aromatic heterocycles. The van der Waals surface area contributed by atoms with Crippen molar-refractivity contribution in [2.75, 3.05) is 53.4 Å². The Morgan fingerprint density at radius 2 is 0.921 bits per heavy atom. The third-order valence-corrected chi connectivity index (χ3v) is 18.1. The molecule has 528 valence electrons. The summed E-state index contributed by atoms with van der Waals surface area (Å²) in [6.45, 7) is 7.44. The largest absolute Gasteiger partial charge is 0.470 e. The van der Waals surface area contributed by atoms with Gasteiger partial charge in [0.05, 0.1) is 32.5 Å². The van der Waals surface area contributed by atoms with Gasteiger partial charge in [0.2, 0.25) is 5.91 Å². The molecule has 2 heterocycles. The van der Waals surface area contributed by atoms with Crippen molar-refractivity contribution in [1.82, 2.24) is 5.32 Å². The average molecular weight is 1320 g/mol. The molecule has 89 heavy (non-hydrogen) atoms. The molecule has 7 N–H and O–H groups in total. The number of amides is 1. The number of carbonyl (C=O) groups is 1. The second-order valence-electron chi connectivity index (χ2n) is 25.0. The van der Waals surface area contributed by atoms with E-state index < -0.39 is 96.8 Å². The van der Waals surface area contributed by atoms with Crippen LogP contribution in [0.15, 0.2) is 12.2 Å². The number of aliphatic hydroxyl groups is 2.